The normalized spacial score (nSPS) is 11.9. The second-order valence-electron chi connectivity index (χ2n) is 6.33. The van der Waals surface area contributed by atoms with E-state index in [1.807, 2.05) is 22.9 Å². The molecule has 2 heterocycles. The summed E-state index contributed by atoms with van der Waals surface area (Å²) in [6.07, 6.45) is 1.92. The number of hydrogen-bond acceptors (Lipinski definition) is 4. The maximum absolute atomic E-state index is 12.2. The fourth-order valence-electron chi connectivity index (χ4n) is 1.91. The highest BCUT2D eigenvalue weighted by atomic mass is 32.1. The Labute approximate surface area is 129 Å². The Hall–Kier alpha value is -1.69. The molecule has 1 amide bonds. The molecule has 5 nitrogen and oxygen atoms in total. The fourth-order valence-corrected chi connectivity index (χ4v) is 2.75. The Morgan fingerprint density at radius 1 is 1.38 bits per heavy atom. The molecule has 0 aliphatic carbocycles. The second kappa shape index (κ2) is 5.97. The largest absolute Gasteiger partial charge is 0.344 e. The third-order valence-electron chi connectivity index (χ3n) is 3.08. The number of amides is 1. The molecule has 0 aromatic carbocycles. The highest BCUT2D eigenvalue weighted by molar-refractivity contribution is 7.11. The lowest BCUT2D eigenvalue weighted by Crippen LogP contribution is -2.25. The van der Waals surface area contributed by atoms with Gasteiger partial charge in [0.2, 0.25) is 0 Å². The SMILES string of the molecule is CC(C)n1cccc1C(=O)NCc1nnc(C(C)(C)C)s1. The van der Waals surface area contributed by atoms with E-state index in [1.165, 1.54) is 0 Å². The molecule has 2 aromatic rings. The predicted octanol–water partition coefficient (Wildman–Crippen LogP) is 3.15. The summed E-state index contributed by atoms with van der Waals surface area (Å²) in [5.74, 6) is -0.0822. The molecule has 1 N–H and O–H groups in total. The first-order valence-corrected chi connectivity index (χ1v) is 7.88. The van der Waals surface area contributed by atoms with Crippen molar-refractivity contribution in [3.8, 4) is 0 Å². The molecule has 0 bridgehead atoms. The number of rotatable bonds is 4. The van der Waals surface area contributed by atoms with Crippen molar-refractivity contribution in [2.75, 3.05) is 0 Å². The van der Waals surface area contributed by atoms with Crippen molar-refractivity contribution in [2.45, 2.75) is 52.6 Å². The van der Waals surface area contributed by atoms with E-state index >= 15 is 0 Å². The minimum atomic E-state index is -0.0822. The molecule has 2 aromatic heterocycles. The van der Waals surface area contributed by atoms with Crippen LogP contribution in [0.5, 0.6) is 0 Å². The lowest BCUT2D eigenvalue weighted by atomic mass is 9.98. The first-order valence-electron chi connectivity index (χ1n) is 7.07. The zero-order valence-corrected chi connectivity index (χ0v) is 14.0. The van der Waals surface area contributed by atoms with Gasteiger partial charge in [0.25, 0.3) is 5.91 Å². The van der Waals surface area contributed by atoms with E-state index in [0.29, 0.717) is 12.2 Å². The number of carbonyl (C=O) groups excluding carboxylic acids is 1. The van der Waals surface area contributed by atoms with Crippen molar-refractivity contribution in [2.24, 2.45) is 0 Å². The van der Waals surface area contributed by atoms with Gasteiger partial charge in [-0.05, 0) is 26.0 Å². The van der Waals surface area contributed by atoms with Crippen LogP contribution in [0.3, 0.4) is 0 Å². The summed E-state index contributed by atoms with van der Waals surface area (Å²) in [6.45, 7) is 10.8. The van der Waals surface area contributed by atoms with Crippen molar-refractivity contribution < 1.29 is 4.79 Å². The average Bonchev–Trinajstić information content (AvgIpc) is 3.04. The van der Waals surface area contributed by atoms with E-state index in [2.05, 4.69) is 50.1 Å². The summed E-state index contributed by atoms with van der Waals surface area (Å²) in [4.78, 5) is 12.2. The van der Waals surface area contributed by atoms with Gasteiger partial charge in [-0.15, -0.1) is 10.2 Å². The van der Waals surface area contributed by atoms with Gasteiger partial charge in [-0.2, -0.15) is 0 Å². The summed E-state index contributed by atoms with van der Waals surface area (Å²) >= 11 is 1.55. The quantitative estimate of drug-likeness (QED) is 0.944. The van der Waals surface area contributed by atoms with Crippen LogP contribution in [-0.4, -0.2) is 20.7 Å². The van der Waals surface area contributed by atoms with E-state index < -0.39 is 0 Å². The summed E-state index contributed by atoms with van der Waals surface area (Å²) in [6, 6.07) is 3.97. The first kappa shape index (κ1) is 15.7. The molecule has 0 aliphatic rings. The van der Waals surface area contributed by atoms with Crippen molar-refractivity contribution >= 4 is 17.2 Å². The Morgan fingerprint density at radius 2 is 2.10 bits per heavy atom. The molecule has 6 heteroatoms. The van der Waals surface area contributed by atoms with Gasteiger partial charge in [0, 0.05) is 17.7 Å². The van der Waals surface area contributed by atoms with Gasteiger partial charge in [0.15, 0.2) is 0 Å². The number of nitrogens with one attached hydrogen (secondary N) is 1. The Morgan fingerprint density at radius 3 is 2.67 bits per heavy atom. The van der Waals surface area contributed by atoms with E-state index in [9.17, 15) is 4.79 Å². The molecule has 0 saturated carbocycles. The second-order valence-corrected chi connectivity index (χ2v) is 7.39. The lowest BCUT2D eigenvalue weighted by molar-refractivity contribution is 0.0940. The van der Waals surface area contributed by atoms with Gasteiger partial charge < -0.3 is 9.88 Å². The topological polar surface area (TPSA) is 59.8 Å². The van der Waals surface area contributed by atoms with E-state index in [4.69, 9.17) is 0 Å². The van der Waals surface area contributed by atoms with Crippen LogP contribution in [-0.2, 0) is 12.0 Å². The number of nitrogens with zero attached hydrogens (tertiary/aromatic N) is 3. The third kappa shape index (κ3) is 3.69. The van der Waals surface area contributed by atoms with Gasteiger partial charge in [0.1, 0.15) is 15.7 Å². The summed E-state index contributed by atoms with van der Waals surface area (Å²) in [7, 11) is 0. The van der Waals surface area contributed by atoms with Crippen molar-refractivity contribution in [1.29, 1.82) is 0 Å². The van der Waals surface area contributed by atoms with Crippen molar-refractivity contribution in [3.05, 3.63) is 34.0 Å². The molecule has 0 radical (unpaired) electrons. The number of hydrogen-bond donors (Lipinski definition) is 1. The van der Waals surface area contributed by atoms with E-state index in [0.717, 1.165) is 10.0 Å². The third-order valence-corrected chi connectivity index (χ3v) is 4.43. The van der Waals surface area contributed by atoms with E-state index in [1.54, 1.807) is 11.3 Å². The van der Waals surface area contributed by atoms with Crippen molar-refractivity contribution in [1.82, 2.24) is 20.1 Å². The van der Waals surface area contributed by atoms with Gasteiger partial charge in [0.05, 0.1) is 6.54 Å². The molecule has 0 atom stereocenters. The number of aromatic nitrogens is 3. The molecular formula is C15H22N4OS. The molecule has 0 aliphatic heterocycles. The first-order chi connectivity index (χ1) is 9.79. The van der Waals surface area contributed by atoms with Crippen LogP contribution in [0, 0.1) is 0 Å². The highest BCUT2D eigenvalue weighted by Crippen LogP contribution is 2.25. The lowest BCUT2D eigenvalue weighted by Gasteiger charge is -2.12. The standard InChI is InChI=1S/C15H22N4OS/c1-10(2)19-8-6-7-11(19)13(20)16-9-12-17-18-14(21-12)15(3,4)5/h6-8,10H,9H2,1-5H3,(H,16,20). The van der Waals surface area contributed by atoms with Crippen LogP contribution in [0.25, 0.3) is 0 Å². The van der Waals surface area contributed by atoms with E-state index in [-0.39, 0.29) is 17.4 Å². The molecule has 114 valence electrons. The van der Waals surface area contributed by atoms with Gasteiger partial charge in [-0.3, -0.25) is 4.79 Å². The molecule has 2 rings (SSSR count). The van der Waals surface area contributed by atoms with Gasteiger partial charge in [-0.25, -0.2) is 0 Å². The number of carbonyl (C=O) groups is 1. The van der Waals surface area contributed by atoms with Crippen molar-refractivity contribution in [3.63, 3.8) is 0 Å². The Kier molecular flexibility index (Phi) is 4.46. The molecule has 0 fully saturated rings. The predicted molar refractivity (Wildman–Crippen MR) is 84.6 cm³/mol. The average molecular weight is 306 g/mol. The summed E-state index contributed by atoms with van der Waals surface area (Å²) in [5.41, 5.74) is 0.664. The molecule has 21 heavy (non-hydrogen) atoms. The zero-order chi connectivity index (χ0) is 15.6. The highest BCUT2D eigenvalue weighted by Gasteiger charge is 2.20. The maximum atomic E-state index is 12.2. The zero-order valence-electron chi connectivity index (χ0n) is 13.2. The maximum Gasteiger partial charge on any atom is 0.268 e. The summed E-state index contributed by atoms with van der Waals surface area (Å²) < 4.78 is 1.95. The minimum Gasteiger partial charge on any atom is -0.344 e. The van der Waals surface area contributed by atoms with Gasteiger partial charge in [-0.1, -0.05) is 32.1 Å². The minimum absolute atomic E-state index is 0.00767. The Bertz CT molecular complexity index is 622. The molecule has 0 spiro atoms. The van der Waals surface area contributed by atoms with Crippen LogP contribution in [0.4, 0.5) is 0 Å². The molecule has 0 unspecified atom stereocenters. The van der Waals surface area contributed by atoms with Crippen LogP contribution < -0.4 is 5.32 Å². The monoisotopic (exact) mass is 306 g/mol. The van der Waals surface area contributed by atoms with Crippen LogP contribution >= 0.6 is 11.3 Å². The van der Waals surface area contributed by atoms with Crippen LogP contribution in [0.1, 0.15) is 61.2 Å². The Balaban J connectivity index is 2.01. The summed E-state index contributed by atoms with van der Waals surface area (Å²) in [5, 5.41) is 13.0. The van der Waals surface area contributed by atoms with Crippen LogP contribution in [0.2, 0.25) is 0 Å². The fraction of sp³-hybridized carbons (Fsp3) is 0.533. The molecular weight excluding hydrogens is 284 g/mol. The van der Waals surface area contributed by atoms with Crippen LogP contribution in [0.15, 0.2) is 18.3 Å². The van der Waals surface area contributed by atoms with Gasteiger partial charge >= 0.3 is 0 Å². The molecule has 0 saturated heterocycles. The smallest absolute Gasteiger partial charge is 0.268 e.